The Kier molecular flexibility index (Phi) is 4.12. The minimum Gasteiger partial charge on any atom is -0.345 e. The van der Waals surface area contributed by atoms with Gasteiger partial charge in [0.15, 0.2) is 0 Å². The first-order chi connectivity index (χ1) is 5.54. The molecule has 0 amide bonds. The molecule has 0 N–H and O–H groups in total. The average molecular weight is 163 g/mol. The Labute approximate surface area is 75.4 Å². The van der Waals surface area contributed by atoms with Crippen LogP contribution in [0.5, 0.6) is 0 Å². The molecule has 1 heteroatoms. The van der Waals surface area contributed by atoms with Crippen LogP contribution in [0.4, 0.5) is 0 Å². The Balaban J connectivity index is 4.77. The SMILES string of the molecule is C=CC(=C)N(C)C(C=C)=C(C)C. The zero-order chi connectivity index (χ0) is 9.72. The van der Waals surface area contributed by atoms with Crippen LogP contribution in [0, 0.1) is 0 Å². The summed E-state index contributed by atoms with van der Waals surface area (Å²) in [7, 11) is 1.95. The maximum Gasteiger partial charge on any atom is 0.0388 e. The lowest BCUT2D eigenvalue weighted by atomic mass is 10.2. The van der Waals surface area contributed by atoms with Gasteiger partial charge in [-0.1, -0.05) is 25.3 Å². The largest absolute Gasteiger partial charge is 0.345 e. The third kappa shape index (κ3) is 2.42. The van der Waals surface area contributed by atoms with Crippen molar-refractivity contribution in [2.45, 2.75) is 13.8 Å². The predicted octanol–water partition coefficient (Wildman–Crippen LogP) is 3.10. The van der Waals surface area contributed by atoms with Gasteiger partial charge in [-0.3, -0.25) is 0 Å². The lowest BCUT2D eigenvalue weighted by Crippen LogP contribution is -2.14. The van der Waals surface area contributed by atoms with Crippen molar-refractivity contribution in [3.63, 3.8) is 0 Å². The van der Waals surface area contributed by atoms with Gasteiger partial charge in [0.2, 0.25) is 0 Å². The Bertz CT molecular complexity index is 229. The number of hydrogen-bond donors (Lipinski definition) is 0. The molecule has 0 radical (unpaired) electrons. The minimum absolute atomic E-state index is 0.881. The molecule has 0 aliphatic carbocycles. The van der Waals surface area contributed by atoms with Gasteiger partial charge in [0, 0.05) is 18.4 Å². The van der Waals surface area contributed by atoms with E-state index in [1.165, 1.54) is 5.57 Å². The van der Waals surface area contributed by atoms with E-state index in [0.717, 1.165) is 11.4 Å². The number of likely N-dealkylation sites (N-methyl/N-ethyl adjacent to an activating group) is 1. The summed E-state index contributed by atoms with van der Waals surface area (Å²) in [5, 5.41) is 0. The molecule has 0 aromatic rings. The van der Waals surface area contributed by atoms with Gasteiger partial charge in [-0.05, 0) is 26.0 Å². The molecule has 0 aliphatic heterocycles. The summed E-state index contributed by atoms with van der Waals surface area (Å²) < 4.78 is 0. The maximum absolute atomic E-state index is 3.85. The topological polar surface area (TPSA) is 3.24 Å². The van der Waals surface area contributed by atoms with Crippen LogP contribution in [0.1, 0.15) is 13.8 Å². The number of hydrogen-bond acceptors (Lipinski definition) is 1. The zero-order valence-corrected chi connectivity index (χ0v) is 8.22. The van der Waals surface area contributed by atoms with Crippen molar-refractivity contribution in [3.8, 4) is 0 Å². The quantitative estimate of drug-likeness (QED) is 0.576. The van der Waals surface area contributed by atoms with Crippen molar-refractivity contribution >= 4 is 0 Å². The summed E-state index contributed by atoms with van der Waals surface area (Å²) in [5.74, 6) is 0. The standard InChI is InChI=1S/C11H17N/c1-7-10(5)12(6)11(8-2)9(3)4/h7-8H,1-2,5H2,3-4,6H3. The molecule has 0 atom stereocenters. The Morgan fingerprint density at radius 3 is 1.92 bits per heavy atom. The lowest BCUT2D eigenvalue weighted by Gasteiger charge is -2.21. The summed E-state index contributed by atoms with van der Waals surface area (Å²) in [6, 6.07) is 0. The molecule has 1 nitrogen and oxygen atoms in total. The number of rotatable bonds is 4. The van der Waals surface area contributed by atoms with Crippen molar-refractivity contribution < 1.29 is 0 Å². The highest BCUT2D eigenvalue weighted by atomic mass is 15.1. The normalized spacial score (nSPS) is 8.58. The monoisotopic (exact) mass is 163 g/mol. The lowest BCUT2D eigenvalue weighted by molar-refractivity contribution is 0.550. The van der Waals surface area contributed by atoms with Crippen molar-refractivity contribution in [1.29, 1.82) is 0 Å². The van der Waals surface area contributed by atoms with E-state index < -0.39 is 0 Å². The third-order valence-electron chi connectivity index (χ3n) is 1.73. The van der Waals surface area contributed by atoms with E-state index in [2.05, 4.69) is 19.7 Å². The van der Waals surface area contributed by atoms with Crippen LogP contribution in [0.15, 0.2) is 48.9 Å². The molecule has 12 heavy (non-hydrogen) atoms. The zero-order valence-electron chi connectivity index (χ0n) is 8.22. The van der Waals surface area contributed by atoms with Gasteiger partial charge < -0.3 is 4.90 Å². The van der Waals surface area contributed by atoms with E-state index in [9.17, 15) is 0 Å². The number of nitrogens with zero attached hydrogens (tertiary/aromatic N) is 1. The van der Waals surface area contributed by atoms with Crippen LogP contribution < -0.4 is 0 Å². The Morgan fingerprint density at radius 1 is 1.17 bits per heavy atom. The van der Waals surface area contributed by atoms with Gasteiger partial charge in [-0.25, -0.2) is 0 Å². The molecular weight excluding hydrogens is 146 g/mol. The van der Waals surface area contributed by atoms with Gasteiger partial charge in [-0.2, -0.15) is 0 Å². The second-order valence-corrected chi connectivity index (χ2v) is 2.84. The molecule has 0 aliphatic rings. The molecule has 0 fully saturated rings. The Hall–Kier alpha value is -1.24. The molecule has 0 unspecified atom stereocenters. The first-order valence-corrected chi connectivity index (χ1v) is 3.89. The molecule has 0 heterocycles. The summed E-state index contributed by atoms with van der Waals surface area (Å²) >= 11 is 0. The Morgan fingerprint density at radius 2 is 1.67 bits per heavy atom. The fourth-order valence-corrected chi connectivity index (χ4v) is 0.968. The summed E-state index contributed by atoms with van der Waals surface area (Å²) in [5.41, 5.74) is 3.18. The first kappa shape index (κ1) is 10.8. The van der Waals surface area contributed by atoms with Crippen LogP contribution in [0.2, 0.25) is 0 Å². The van der Waals surface area contributed by atoms with E-state index in [0.29, 0.717) is 0 Å². The van der Waals surface area contributed by atoms with Crippen LogP contribution in [0.25, 0.3) is 0 Å². The smallest absolute Gasteiger partial charge is 0.0388 e. The van der Waals surface area contributed by atoms with E-state index in [-0.39, 0.29) is 0 Å². The van der Waals surface area contributed by atoms with Gasteiger partial charge in [0.1, 0.15) is 0 Å². The summed E-state index contributed by atoms with van der Waals surface area (Å²) in [6.45, 7) is 15.3. The molecule has 0 spiro atoms. The van der Waals surface area contributed by atoms with E-state index >= 15 is 0 Å². The minimum atomic E-state index is 0.881. The van der Waals surface area contributed by atoms with Gasteiger partial charge >= 0.3 is 0 Å². The average Bonchev–Trinajstić information content (AvgIpc) is 2.03. The van der Waals surface area contributed by atoms with Crippen LogP contribution in [-0.4, -0.2) is 11.9 Å². The fraction of sp³-hybridized carbons (Fsp3) is 0.273. The molecule has 0 aromatic carbocycles. The van der Waals surface area contributed by atoms with Crippen molar-refractivity contribution in [2.75, 3.05) is 7.05 Å². The van der Waals surface area contributed by atoms with E-state index in [4.69, 9.17) is 0 Å². The second kappa shape index (κ2) is 4.60. The molecule has 0 aromatic heterocycles. The highest BCUT2D eigenvalue weighted by Gasteiger charge is 2.02. The van der Waals surface area contributed by atoms with Gasteiger partial charge in [-0.15, -0.1) is 0 Å². The first-order valence-electron chi connectivity index (χ1n) is 3.89. The summed E-state index contributed by atoms with van der Waals surface area (Å²) in [4.78, 5) is 1.97. The third-order valence-corrected chi connectivity index (χ3v) is 1.73. The van der Waals surface area contributed by atoms with Crippen LogP contribution in [-0.2, 0) is 0 Å². The van der Waals surface area contributed by atoms with E-state index in [1.807, 2.05) is 31.9 Å². The molecule has 0 saturated carbocycles. The molecular formula is C11H17N. The highest BCUT2D eigenvalue weighted by molar-refractivity contribution is 5.27. The van der Waals surface area contributed by atoms with Crippen LogP contribution in [0.3, 0.4) is 0 Å². The molecule has 0 saturated heterocycles. The van der Waals surface area contributed by atoms with Gasteiger partial charge in [0.25, 0.3) is 0 Å². The van der Waals surface area contributed by atoms with Crippen molar-refractivity contribution in [3.05, 3.63) is 48.9 Å². The fourth-order valence-electron chi connectivity index (χ4n) is 0.968. The summed E-state index contributed by atoms with van der Waals surface area (Å²) in [6.07, 6.45) is 3.55. The van der Waals surface area contributed by atoms with Crippen LogP contribution >= 0.6 is 0 Å². The molecule has 66 valence electrons. The van der Waals surface area contributed by atoms with Crippen molar-refractivity contribution in [1.82, 2.24) is 4.90 Å². The predicted molar refractivity (Wildman–Crippen MR) is 55.7 cm³/mol. The number of allylic oxidation sites excluding steroid dienone is 3. The van der Waals surface area contributed by atoms with E-state index in [1.54, 1.807) is 6.08 Å². The molecule has 0 bridgehead atoms. The van der Waals surface area contributed by atoms with Gasteiger partial charge in [0.05, 0.1) is 0 Å². The highest BCUT2D eigenvalue weighted by Crippen LogP contribution is 2.14. The maximum atomic E-state index is 3.85. The second-order valence-electron chi connectivity index (χ2n) is 2.84. The molecule has 0 rings (SSSR count). The van der Waals surface area contributed by atoms with Crippen molar-refractivity contribution in [2.24, 2.45) is 0 Å².